The predicted octanol–water partition coefficient (Wildman–Crippen LogP) is 6.11. The molecule has 2 aromatic rings. The summed E-state index contributed by atoms with van der Waals surface area (Å²) in [5.74, 6) is -0.422. The van der Waals surface area contributed by atoms with E-state index >= 15 is 0 Å². The van der Waals surface area contributed by atoms with Crippen molar-refractivity contribution in [3.8, 4) is 5.75 Å². The monoisotopic (exact) mass is 566 g/mol. The Bertz CT molecular complexity index is 1320. The van der Waals surface area contributed by atoms with E-state index in [1.165, 1.54) is 29.2 Å². The van der Waals surface area contributed by atoms with E-state index in [9.17, 15) is 31.1 Å². The fourth-order valence-electron chi connectivity index (χ4n) is 5.18. The second-order valence-electron chi connectivity index (χ2n) is 10.7. The Labute approximate surface area is 227 Å². The van der Waals surface area contributed by atoms with E-state index in [-0.39, 0.29) is 18.3 Å². The fourth-order valence-corrected chi connectivity index (χ4v) is 5.18. The van der Waals surface area contributed by atoms with Crippen molar-refractivity contribution in [1.29, 1.82) is 0 Å². The van der Waals surface area contributed by atoms with E-state index in [0.29, 0.717) is 11.5 Å². The van der Waals surface area contributed by atoms with Crippen molar-refractivity contribution >= 4 is 17.3 Å². The van der Waals surface area contributed by atoms with Crippen molar-refractivity contribution in [2.24, 2.45) is 10.9 Å². The molecule has 6 nitrogen and oxygen atoms in total. The predicted molar refractivity (Wildman–Crippen MR) is 137 cm³/mol. The van der Waals surface area contributed by atoms with E-state index in [4.69, 9.17) is 4.99 Å². The smallest absolute Gasteiger partial charge is 0.406 e. The average Bonchev–Trinajstić information content (AvgIpc) is 3.68. The molecule has 1 saturated heterocycles. The van der Waals surface area contributed by atoms with Gasteiger partial charge in [-0.05, 0) is 93.3 Å². The summed E-state index contributed by atoms with van der Waals surface area (Å²) >= 11 is 0. The topological polar surface area (TPSA) is 66.0 Å². The molecule has 0 spiro atoms. The Kier molecular flexibility index (Phi) is 7.10. The quantitative estimate of drug-likeness (QED) is 0.397. The number of carbonyl (C=O) groups is 1. The SMILES string of the molecule is CC(C)(N[C@@H]1C[C@H](c2cccc(OC(F)(F)F)c2)N(c2ccc(C(F)(F)F)cc2)C1=O)C1=NC(C2CC2)NC=C1. The first-order valence-corrected chi connectivity index (χ1v) is 12.9. The molecule has 0 radical (unpaired) electrons. The van der Waals surface area contributed by atoms with Crippen LogP contribution in [-0.4, -0.2) is 35.7 Å². The summed E-state index contributed by atoms with van der Waals surface area (Å²) in [6, 6.07) is 7.85. The summed E-state index contributed by atoms with van der Waals surface area (Å²) < 4.78 is 82.3. The van der Waals surface area contributed by atoms with Crippen LogP contribution in [0.15, 0.2) is 65.8 Å². The van der Waals surface area contributed by atoms with Gasteiger partial charge in [0.15, 0.2) is 0 Å². The van der Waals surface area contributed by atoms with Gasteiger partial charge in [-0.2, -0.15) is 13.2 Å². The molecule has 2 N–H and O–H groups in total. The second-order valence-corrected chi connectivity index (χ2v) is 10.7. The Morgan fingerprint density at radius 3 is 2.35 bits per heavy atom. The van der Waals surface area contributed by atoms with Gasteiger partial charge in [0.25, 0.3) is 0 Å². The number of benzene rings is 2. The molecule has 2 fully saturated rings. The van der Waals surface area contributed by atoms with Crippen LogP contribution in [-0.2, 0) is 11.0 Å². The summed E-state index contributed by atoms with van der Waals surface area (Å²) in [4.78, 5) is 19.9. The molecule has 3 aliphatic rings. The van der Waals surface area contributed by atoms with Crippen LogP contribution in [0.3, 0.4) is 0 Å². The van der Waals surface area contributed by atoms with Crippen LogP contribution < -0.4 is 20.3 Å². The van der Waals surface area contributed by atoms with Crippen molar-refractivity contribution < 1.29 is 35.9 Å². The Hall–Kier alpha value is -3.54. The minimum atomic E-state index is -4.91. The van der Waals surface area contributed by atoms with Gasteiger partial charge in [0, 0.05) is 5.69 Å². The number of nitrogens with zero attached hydrogens (tertiary/aromatic N) is 2. The number of hydrogen-bond acceptors (Lipinski definition) is 5. The number of aliphatic imine (C=N–C) groups is 1. The molecule has 1 aliphatic carbocycles. The van der Waals surface area contributed by atoms with Crippen molar-refractivity contribution in [1.82, 2.24) is 10.6 Å². The largest absolute Gasteiger partial charge is 0.573 e. The van der Waals surface area contributed by atoms with Gasteiger partial charge in [-0.25, -0.2) is 0 Å². The van der Waals surface area contributed by atoms with Crippen molar-refractivity contribution in [3.05, 3.63) is 71.9 Å². The lowest BCUT2D eigenvalue weighted by atomic mass is 9.94. The van der Waals surface area contributed by atoms with E-state index < -0.39 is 47.4 Å². The summed E-state index contributed by atoms with van der Waals surface area (Å²) in [5, 5.41) is 6.59. The number of carbonyl (C=O) groups excluding carboxylic acids is 1. The number of halogens is 6. The lowest BCUT2D eigenvalue weighted by Crippen LogP contribution is -2.54. The third-order valence-electron chi connectivity index (χ3n) is 7.29. The number of rotatable bonds is 7. The molecule has 2 aromatic carbocycles. The van der Waals surface area contributed by atoms with Gasteiger partial charge in [0.05, 0.1) is 28.9 Å². The van der Waals surface area contributed by atoms with Gasteiger partial charge in [0.1, 0.15) is 11.9 Å². The zero-order chi connectivity index (χ0) is 28.9. The van der Waals surface area contributed by atoms with Crippen LogP contribution in [0.2, 0.25) is 0 Å². The van der Waals surface area contributed by atoms with Crippen LogP contribution in [0.1, 0.15) is 50.3 Å². The van der Waals surface area contributed by atoms with E-state index in [1.54, 1.807) is 6.07 Å². The van der Waals surface area contributed by atoms with E-state index in [2.05, 4.69) is 15.4 Å². The van der Waals surface area contributed by atoms with Crippen LogP contribution in [0.25, 0.3) is 0 Å². The maximum absolute atomic E-state index is 13.8. The molecule has 3 atom stereocenters. The molecule has 0 bridgehead atoms. The summed E-state index contributed by atoms with van der Waals surface area (Å²) in [5.41, 5.74) is -0.350. The highest BCUT2D eigenvalue weighted by molar-refractivity contribution is 6.04. The van der Waals surface area contributed by atoms with E-state index in [1.807, 2.05) is 26.1 Å². The summed E-state index contributed by atoms with van der Waals surface area (Å²) in [7, 11) is 0. The van der Waals surface area contributed by atoms with Gasteiger partial charge in [-0.3, -0.25) is 15.1 Å². The molecule has 1 amide bonds. The van der Waals surface area contributed by atoms with E-state index in [0.717, 1.165) is 36.8 Å². The molecule has 40 heavy (non-hydrogen) atoms. The highest BCUT2D eigenvalue weighted by Crippen LogP contribution is 2.41. The number of hydrogen-bond donors (Lipinski definition) is 2. The number of anilines is 1. The van der Waals surface area contributed by atoms with Crippen molar-refractivity contribution in [2.45, 2.75) is 69.4 Å². The molecule has 2 heterocycles. The number of alkyl halides is 6. The fraction of sp³-hybridized carbons (Fsp3) is 0.429. The zero-order valence-electron chi connectivity index (χ0n) is 21.7. The van der Waals surface area contributed by atoms with Crippen LogP contribution in [0, 0.1) is 5.92 Å². The first-order chi connectivity index (χ1) is 18.7. The maximum atomic E-state index is 13.8. The van der Waals surface area contributed by atoms with Crippen LogP contribution in [0.4, 0.5) is 32.0 Å². The molecule has 2 aliphatic heterocycles. The molecule has 0 aromatic heterocycles. The van der Waals surface area contributed by atoms with Gasteiger partial charge in [-0.15, -0.1) is 13.2 Å². The first-order valence-electron chi connectivity index (χ1n) is 12.9. The Morgan fingerprint density at radius 2 is 1.73 bits per heavy atom. The van der Waals surface area contributed by atoms with Gasteiger partial charge in [0.2, 0.25) is 5.91 Å². The first kappa shape index (κ1) is 28.0. The maximum Gasteiger partial charge on any atom is 0.573 e. The molecule has 1 saturated carbocycles. The molecule has 1 unspecified atom stereocenters. The summed E-state index contributed by atoms with van der Waals surface area (Å²) in [6.45, 7) is 3.76. The highest BCUT2D eigenvalue weighted by atomic mass is 19.4. The normalized spacial score (nSPS) is 23.7. The number of ether oxygens (including phenoxy) is 1. The second kappa shape index (κ2) is 10.1. The molecule has 214 valence electrons. The number of amides is 1. The van der Waals surface area contributed by atoms with Crippen LogP contribution >= 0.6 is 0 Å². The van der Waals surface area contributed by atoms with Gasteiger partial charge < -0.3 is 15.0 Å². The highest BCUT2D eigenvalue weighted by Gasteiger charge is 2.45. The molecular weight excluding hydrogens is 538 g/mol. The molecular formula is C28H28F6N4O2. The standard InChI is InChI=1S/C28H28F6N4O2/c1-26(2,23-12-13-35-24(36-23)16-6-7-16)37-21-15-22(17-4-3-5-20(14-17)40-28(32,33)34)38(25(21)39)19-10-8-18(9-11-19)27(29,30)31/h3-5,8-14,16,21-22,24,35,37H,6-7,15H2,1-2H3/t21-,22-,24?/m1/s1. The Morgan fingerprint density at radius 1 is 1.02 bits per heavy atom. The summed E-state index contributed by atoms with van der Waals surface area (Å²) in [6.07, 6.45) is -3.55. The zero-order valence-corrected chi connectivity index (χ0v) is 21.7. The molecule has 5 rings (SSSR count). The van der Waals surface area contributed by atoms with Crippen molar-refractivity contribution in [2.75, 3.05) is 4.90 Å². The minimum Gasteiger partial charge on any atom is -0.406 e. The molecule has 12 heteroatoms. The average molecular weight is 567 g/mol. The lowest BCUT2D eigenvalue weighted by molar-refractivity contribution is -0.274. The van der Waals surface area contributed by atoms with Crippen LogP contribution in [0.5, 0.6) is 5.75 Å². The third kappa shape index (κ3) is 6.11. The van der Waals surface area contributed by atoms with Crippen molar-refractivity contribution in [3.63, 3.8) is 0 Å². The lowest BCUT2D eigenvalue weighted by Gasteiger charge is -2.32. The number of nitrogens with one attached hydrogen (secondary N) is 2. The van der Waals surface area contributed by atoms with Gasteiger partial charge in [-0.1, -0.05) is 12.1 Å². The Balaban J connectivity index is 1.46. The minimum absolute atomic E-state index is 0.0480. The van der Waals surface area contributed by atoms with Gasteiger partial charge >= 0.3 is 12.5 Å². The third-order valence-corrected chi connectivity index (χ3v) is 7.29.